The molecule has 0 aliphatic rings. The second-order valence-corrected chi connectivity index (χ2v) is 6.52. The van der Waals surface area contributed by atoms with Crippen molar-refractivity contribution in [1.82, 2.24) is 0 Å². The van der Waals surface area contributed by atoms with Crippen molar-refractivity contribution in [2.75, 3.05) is 19.0 Å². The van der Waals surface area contributed by atoms with Crippen molar-refractivity contribution >= 4 is 39.2 Å². The van der Waals surface area contributed by atoms with Gasteiger partial charge in [-0.1, -0.05) is 34.5 Å². The molecule has 0 saturated carbocycles. The van der Waals surface area contributed by atoms with Crippen molar-refractivity contribution in [2.45, 2.75) is 19.9 Å². The molecule has 0 aliphatic carbocycles. The lowest BCUT2D eigenvalue weighted by atomic mass is 10.1. The zero-order valence-electron chi connectivity index (χ0n) is 13.9. The second-order valence-electron chi connectivity index (χ2n) is 5.26. The van der Waals surface area contributed by atoms with Crippen molar-refractivity contribution in [3.63, 3.8) is 0 Å². The maximum Gasteiger partial charge on any atom is 0.337 e. The molecule has 0 heterocycles. The van der Waals surface area contributed by atoms with Gasteiger partial charge < -0.3 is 19.9 Å². The van der Waals surface area contributed by atoms with Crippen LogP contribution in [0.4, 0.5) is 5.69 Å². The van der Waals surface area contributed by atoms with Crippen LogP contribution in [0.15, 0.2) is 34.8 Å². The molecule has 2 N–H and O–H groups in total. The summed E-state index contributed by atoms with van der Waals surface area (Å²) in [6.07, 6.45) is 0.884. The Kier molecular flexibility index (Phi) is 6.96. The van der Waals surface area contributed by atoms with Gasteiger partial charge in [-0.3, -0.25) is 0 Å². The lowest BCUT2D eigenvalue weighted by Gasteiger charge is -2.17. The van der Waals surface area contributed by atoms with Gasteiger partial charge in [-0.2, -0.15) is 0 Å². The van der Waals surface area contributed by atoms with E-state index in [0.717, 1.165) is 16.5 Å². The number of benzene rings is 2. The fraction of sp³-hybridized carbons (Fsp3) is 0.278. The number of aromatic carboxylic acids is 1. The van der Waals surface area contributed by atoms with Gasteiger partial charge in [0, 0.05) is 22.3 Å². The number of carboxylic acid groups (broad SMARTS) is 1. The summed E-state index contributed by atoms with van der Waals surface area (Å²) in [4.78, 5) is 11.0. The van der Waals surface area contributed by atoms with Crippen molar-refractivity contribution in [3.8, 4) is 11.5 Å². The Balaban J connectivity index is 2.25. The smallest absolute Gasteiger partial charge is 0.337 e. The normalized spacial score (nSPS) is 10.4. The minimum absolute atomic E-state index is 0.0711. The van der Waals surface area contributed by atoms with Gasteiger partial charge in [-0.15, -0.1) is 0 Å². The highest BCUT2D eigenvalue weighted by Gasteiger charge is 2.15. The van der Waals surface area contributed by atoms with E-state index in [1.165, 1.54) is 6.07 Å². The fourth-order valence-electron chi connectivity index (χ4n) is 2.26. The van der Waals surface area contributed by atoms with Crippen LogP contribution in [0.3, 0.4) is 0 Å². The quantitative estimate of drug-likeness (QED) is 0.604. The van der Waals surface area contributed by atoms with E-state index < -0.39 is 5.97 Å². The first-order valence-electron chi connectivity index (χ1n) is 7.72. The number of anilines is 1. The summed E-state index contributed by atoms with van der Waals surface area (Å²) in [6, 6.07) is 8.48. The number of carboxylic acids is 1. The highest BCUT2D eigenvalue weighted by atomic mass is 79.9. The van der Waals surface area contributed by atoms with E-state index >= 15 is 0 Å². The zero-order valence-corrected chi connectivity index (χ0v) is 16.3. The largest absolute Gasteiger partial charge is 0.493 e. The van der Waals surface area contributed by atoms with E-state index in [0.29, 0.717) is 30.3 Å². The third kappa shape index (κ3) is 4.80. The SMILES string of the molecule is CCCOc1c(OC)ccc(Br)c1CNc1ccc(C(=O)O)c(Cl)c1. The van der Waals surface area contributed by atoms with Crippen LogP contribution in [0.1, 0.15) is 29.3 Å². The van der Waals surface area contributed by atoms with E-state index in [9.17, 15) is 4.79 Å². The number of nitrogens with one attached hydrogen (secondary N) is 1. The molecule has 0 aliphatic heterocycles. The first kappa shape index (κ1) is 19.4. The summed E-state index contributed by atoms with van der Waals surface area (Å²) in [5.41, 5.74) is 1.69. The molecule has 0 atom stereocenters. The van der Waals surface area contributed by atoms with E-state index in [2.05, 4.69) is 21.2 Å². The summed E-state index contributed by atoms with van der Waals surface area (Å²) in [5.74, 6) is 0.287. The molecule has 25 heavy (non-hydrogen) atoms. The molecule has 0 saturated heterocycles. The summed E-state index contributed by atoms with van der Waals surface area (Å²) < 4.78 is 12.1. The van der Waals surface area contributed by atoms with E-state index in [1.54, 1.807) is 19.2 Å². The second kappa shape index (κ2) is 8.97. The molecule has 134 valence electrons. The monoisotopic (exact) mass is 427 g/mol. The van der Waals surface area contributed by atoms with Crippen molar-refractivity contribution in [3.05, 3.63) is 51.0 Å². The molecular weight excluding hydrogens is 410 g/mol. The Hall–Kier alpha value is -1.92. The number of carbonyl (C=O) groups is 1. The minimum Gasteiger partial charge on any atom is -0.493 e. The van der Waals surface area contributed by atoms with Crippen molar-refractivity contribution in [2.24, 2.45) is 0 Å². The maximum atomic E-state index is 11.0. The molecule has 0 fully saturated rings. The molecule has 0 bridgehead atoms. The topological polar surface area (TPSA) is 67.8 Å². The first-order chi connectivity index (χ1) is 12.0. The summed E-state index contributed by atoms with van der Waals surface area (Å²) in [6.45, 7) is 3.08. The number of hydrogen-bond donors (Lipinski definition) is 2. The number of ether oxygens (including phenoxy) is 2. The number of hydrogen-bond acceptors (Lipinski definition) is 4. The van der Waals surface area contributed by atoms with Gasteiger partial charge in [0.05, 0.1) is 24.3 Å². The minimum atomic E-state index is -1.05. The first-order valence-corrected chi connectivity index (χ1v) is 8.89. The zero-order chi connectivity index (χ0) is 18.4. The summed E-state index contributed by atoms with van der Waals surface area (Å²) in [7, 11) is 1.60. The van der Waals surface area contributed by atoms with Crippen LogP contribution in [0, 0.1) is 0 Å². The maximum absolute atomic E-state index is 11.0. The Morgan fingerprint density at radius 3 is 2.68 bits per heavy atom. The molecule has 2 aromatic rings. The third-order valence-electron chi connectivity index (χ3n) is 3.51. The lowest BCUT2D eigenvalue weighted by Crippen LogP contribution is -2.07. The third-order valence-corrected chi connectivity index (χ3v) is 4.56. The molecule has 7 heteroatoms. The van der Waals surface area contributed by atoms with Gasteiger partial charge in [0.2, 0.25) is 0 Å². The van der Waals surface area contributed by atoms with Crippen LogP contribution in [0.5, 0.6) is 11.5 Å². The fourth-order valence-corrected chi connectivity index (χ4v) is 2.97. The highest BCUT2D eigenvalue weighted by Crippen LogP contribution is 2.37. The van der Waals surface area contributed by atoms with Gasteiger partial charge in [0.1, 0.15) is 0 Å². The Bertz CT molecular complexity index is 767. The van der Waals surface area contributed by atoms with Gasteiger partial charge in [0.25, 0.3) is 0 Å². The molecule has 0 unspecified atom stereocenters. The number of methoxy groups -OCH3 is 1. The highest BCUT2D eigenvalue weighted by molar-refractivity contribution is 9.10. The molecule has 0 amide bonds. The van der Waals surface area contributed by atoms with Crippen LogP contribution >= 0.6 is 27.5 Å². The lowest BCUT2D eigenvalue weighted by molar-refractivity contribution is 0.0697. The molecule has 0 radical (unpaired) electrons. The Morgan fingerprint density at radius 1 is 1.32 bits per heavy atom. The predicted octanol–water partition coefficient (Wildman–Crippen LogP) is 5.21. The van der Waals surface area contributed by atoms with Crippen molar-refractivity contribution < 1.29 is 19.4 Å². The molecular formula is C18H19BrClNO4. The standard InChI is InChI=1S/C18H19BrClNO4/c1-3-8-25-17-13(14(19)6-7-16(17)24-2)10-21-11-4-5-12(18(22)23)15(20)9-11/h4-7,9,21H,3,8,10H2,1-2H3,(H,22,23). The number of rotatable bonds is 8. The average molecular weight is 429 g/mol. The van der Waals surface area contributed by atoms with Crippen LogP contribution in [-0.2, 0) is 6.54 Å². The molecule has 2 aromatic carbocycles. The van der Waals surface area contributed by atoms with Gasteiger partial charge in [0.15, 0.2) is 11.5 Å². The molecule has 5 nitrogen and oxygen atoms in total. The Morgan fingerprint density at radius 2 is 2.08 bits per heavy atom. The average Bonchev–Trinajstić information content (AvgIpc) is 2.58. The van der Waals surface area contributed by atoms with Crippen LogP contribution in [0.2, 0.25) is 5.02 Å². The molecule has 0 aromatic heterocycles. The summed E-state index contributed by atoms with van der Waals surface area (Å²) in [5, 5.41) is 12.5. The van der Waals surface area contributed by atoms with E-state index in [-0.39, 0.29) is 10.6 Å². The predicted molar refractivity (Wildman–Crippen MR) is 102 cm³/mol. The van der Waals surface area contributed by atoms with E-state index in [1.807, 2.05) is 19.1 Å². The van der Waals surface area contributed by atoms with Crippen LogP contribution < -0.4 is 14.8 Å². The Labute approximate surface area is 160 Å². The van der Waals surface area contributed by atoms with Gasteiger partial charge in [-0.05, 0) is 36.8 Å². The van der Waals surface area contributed by atoms with Crippen LogP contribution in [0.25, 0.3) is 0 Å². The van der Waals surface area contributed by atoms with E-state index in [4.69, 9.17) is 26.2 Å². The number of halogens is 2. The molecule has 2 rings (SSSR count). The van der Waals surface area contributed by atoms with Gasteiger partial charge in [-0.25, -0.2) is 4.79 Å². The van der Waals surface area contributed by atoms with Gasteiger partial charge >= 0.3 is 5.97 Å². The summed E-state index contributed by atoms with van der Waals surface area (Å²) >= 11 is 9.55. The van der Waals surface area contributed by atoms with Crippen LogP contribution in [-0.4, -0.2) is 24.8 Å². The van der Waals surface area contributed by atoms with Crippen molar-refractivity contribution in [1.29, 1.82) is 0 Å². The molecule has 0 spiro atoms.